The van der Waals surface area contributed by atoms with Gasteiger partial charge in [0.2, 0.25) is 0 Å². The highest BCUT2D eigenvalue weighted by molar-refractivity contribution is 6.08. The number of ether oxygens (including phenoxy) is 1. The Hall–Kier alpha value is -2.39. The van der Waals surface area contributed by atoms with Gasteiger partial charge in [-0.2, -0.15) is 0 Å². The molecule has 0 unspecified atom stereocenters. The molecule has 24 heavy (non-hydrogen) atoms. The molecule has 0 spiro atoms. The van der Waals surface area contributed by atoms with Crippen LogP contribution in [0.1, 0.15) is 18.4 Å². The number of fused-ring (bicyclic) bond motifs is 3. The molecular weight excluding hydrogens is 298 g/mol. The molecule has 1 saturated heterocycles. The molecule has 0 bridgehead atoms. The molecule has 3 aromatic carbocycles. The molecule has 3 heteroatoms. The molecule has 1 heterocycles. The third-order valence-electron chi connectivity index (χ3n) is 5.06. The lowest BCUT2D eigenvalue weighted by atomic mass is 9.97. The van der Waals surface area contributed by atoms with Crippen molar-refractivity contribution < 1.29 is 9.53 Å². The number of benzene rings is 3. The lowest BCUT2D eigenvalue weighted by molar-refractivity contribution is -0.146. The average molecular weight is 319 g/mol. The number of carbonyl (C=O) groups is 1. The Labute approximate surface area is 141 Å². The van der Waals surface area contributed by atoms with Gasteiger partial charge < -0.3 is 4.74 Å². The fourth-order valence-electron chi connectivity index (χ4n) is 3.90. The fraction of sp³-hybridized carbons (Fsp3) is 0.286. The zero-order chi connectivity index (χ0) is 16.5. The van der Waals surface area contributed by atoms with E-state index in [9.17, 15) is 4.79 Å². The van der Waals surface area contributed by atoms with Gasteiger partial charge in [0.1, 0.15) is 6.04 Å². The molecule has 4 rings (SSSR count). The third kappa shape index (κ3) is 2.55. The molecule has 0 aromatic heterocycles. The lowest BCUT2D eigenvalue weighted by Gasteiger charge is -2.23. The number of esters is 1. The fourth-order valence-corrected chi connectivity index (χ4v) is 3.90. The molecule has 1 aliphatic heterocycles. The summed E-state index contributed by atoms with van der Waals surface area (Å²) >= 11 is 0. The maximum atomic E-state index is 12.0. The zero-order valence-electron chi connectivity index (χ0n) is 13.9. The SMILES string of the molecule is COC(=O)[C@@H]1CCCN1Cc1cc2ccccc2c2ccccc12. The standard InChI is InChI=1S/C21H21NO2/c1-24-21(23)20-11-6-12-22(20)14-16-13-15-7-2-3-8-17(15)19-10-5-4-9-18(16)19/h2-5,7-10,13,20H,6,11-12,14H2,1H3/t20-/m0/s1. The second-order valence-corrected chi connectivity index (χ2v) is 6.45. The van der Waals surface area contributed by atoms with Crippen LogP contribution in [-0.4, -0.2) is 30.6 Å². The van der Waals surface area contributed by atoms with Crippen LogP contribution in [0.25, 0.3) is 21.5 Å². The third-order valence-corrected chi connectivity index (χ3v) is 5.06. The molecule has 0 amide bonds. The van der Waals surface area contributed by atoms with Crippen molar-refractivity contribution in [3.63, 3.8) is 0 Å². The van der Waals surface area contributed by atoms with E-state index in [1.54, 1.807) is 0 Å². The number of likely N-dealkylation sites (tertiary alicyclic amines) is 1. The maximum absolute atomic E-state index is 12.0. The first-order chi connectivity index (χ1) is 11.8. The van der Waals surface area contributed by atoms with Crippen molar-refractivity contribution in [3.05, 3.63) is 60.2 Å². The largest absolute Gasteiger partial charge is 0.468 e. The Morgan fingerprint density at radius 2 is 1.79 bits per heavy atom. The molecule has 1 atom stereocenters. The summed E-state index contributed by atoms with van der Waals surface area (Å²) in [6, 6.07) is 19.2. The van der Waals surface area contributed by atoms with Crippen LogP contribution < -0.4 is 0 Å². The van der Waals surface area contributed by atoms with Gasteiger partial charge in [-0.3, -0.25) is 9.69 Å². The predicted octanol–water partition coefficient (Wildman–Crippen LogP) is 4.13. The monoisotopic (exact) mass is 319 g/mol. The van der Waals surface area contributed by atoms with E-state index in [2.05, 4.69) is 59.5 Å². The summed E-state index contributed by atoms with van der Waals surface area (Å²) in [6.45, 7) is 1.73. The Bertz CT molecular complexity index is 903. The van der Waals surface area contributed by atoms with Gasteiger partial charge in [0.15, 0.2) is 0 Å². The Kier molecular flexibility index (Phi) is 3.95. The Morgan fingerprint density at radius 3 is 2.58 bits per heavy atom. The van der Waals surface area contributed by atoms with E-state index in [1.165, 1.54) is 34.2 Å². The highest BCUT2D eigenvalue weighted by atomic mass is 16.5. The van der Waals surface area contributed by atoms with E-state index >= 15 is 0 Å². The van der Waals surface area contributed by atoms with Gasteiger partial charge in [-0.25, -0.2) is 0 Å². The first kappa shape index (κ1) is 15.2. The first-order valence-electron chi connectivity index (χ1n) is 8.49. The molecule has 1 fully saturated rings. The molecule has 0 saturated carbocycles. The summed E-state index contributed by atoms with van der Waals surface area (Å²) in [4.78, 5) is 14.3. The minimum atomic E-state index is -0.113. The van der Waals surface area contributed by atoms with Crippen molar-refractivity contribution >= 4 is 27.5 Å². The quantitative estimate of drug-likeness (QED) is 0.537. The van der Waals surface area contributed by atoms with Crippen molar-refractivity contribution in [3.8, 4) is 0 Å². The van der Waals surface area contributed by atoms with E-state index in [1.807, 2.05) is 0 Å². The second-order valence-electron chi connectivity index (χ2n) is 6.45. The van der Waals surface area contributed by atoms with Crippen LogP contribution in [0.2, 0.25) is 0 Å². The van der Waals surface area contributed by atoms with Crippen LogP contribution in [0.4, 0.5) is 0 Å². The van der Waals surface area contributed by atoms with Crippen LogP contribution in [0, 0.1) is 0 Å². The molecule has 0 radical (unpaired) electrons. The number of rotatable bonds is 3. The smallest absolute Gasteiger partial charge is 0.323 e. The summed E-state index contributed by atoms with van der Waals surface area (Å²) in [5.74, 6) is -0.113. The second kappa shape index (κ2) is 6.25. The van der Waals surface area contributed by atoms with Crippen LogP contribution in [-0.2, 0) is 16.1 Å². The van der Waals surface area contributed by atoms with Crippen molar-refractivity contribution in [1.82, 2.24) is 4.90 Å². The van der Waals surface area contributed by atoms with E-state index in [0.29, 0.717) is 0 Å². The van der Waals surface area contributed by atoms with Gasteiger partial charge in [-0.1, -0.05) is 48.5 Å². The maximum Gasteiger partial charge on any atom is 0.323 e. The number of nitrogens with zero attached hydrogens (tertiary/aromatic N) is 1. The van der Waals surface area contributed by atoms with Crippen LogP contribution in [0.3, 0.4) is 0 Å². The van der Waals surface area contributed by atoms with Gasteiger partial charge in [-0.15, -0.1) is 0 Å². The van der Waals surface area contributed by atoms with E-state index in [0.717, 1.165) is 25.9 Å². The van der Waals surface area contributed by atoms with Crippen molar-refractivity contribution in [2.24, 2.45) is 0 Å². The van der Waals surface area contributed by atoms with E-state index in [4.69, 9.17) is 4.74 Å². The zero-order valence-corrected chi connectivity index (χ0v) is 13.9. The highest BCUT2D eigenvalue weighted by Gasteiger charge is 2.31. The summed E-state index contributed by atoms with van der Waals surface area (Å²) < 4.78 is 4.98. The minimum absolute atomic E-state index is 0.111. The van der Waals surface area contributed by atoms with Crippen LogP contribution in [0.15, 0.2) is 54.6 Å². The Morgan fingerprint density at radius 1 is 1.08 bits per heavy atom. The van der Waals surface area contributed by atoms with Gasteiger partial charge in [-0.05, 0) is 52.6 Å². The van der Waals surface area contributed by atoms with Crippen molar-refractivity contribution in [2.45, 2.75) is 25.4 Å². The topological polar surface area (TPSA) is 29.5 Å². The van der Waals surface area contributed by atoms with E-state index < -0.39 is 0 Å². The molecule has 0 N–H and O–H groups in total. The molecule has 122 valence electrons. The molecule has 1 aliphatic rings. The van der Waals surface area contributed by atoms with Gasteiger partial charge >= 0.3 is 5.97 Å². The summed E-state index contributed by atoms with van der Waals surface area (Å²) in [5.41, 5.74) is 1.28. The number of methoxy groups -OCH3 is 1. The van der Waals surface area contributed by atoms with Gasteiger partial charge in [0.05, 0.1) is 7.11 Å². The number of carbonyl (C=O) groups excluding carboxylic acids is 1. The number of hydrogen-bond donors (Lipinski definition) is 0. The predicted molar refractivity (Wildman–Crippen MR) is 96.9 cm³/mol. The van der Waals surface area contributed by atoms with Crippen molar-refractivity contribution in [1.29, 1.82) is 0 Å². The molecular formula is C21H21NO2. The number of hydrogen-bond acceptors (Lipinski definition) is 3. The van der Waals surface area contributed by atoms with E-state index in [-0.39, 0.29) is 12.0 Å². The molecule has 0 aliphatic carbocycles. The summed E-state index contributed by atoms with van der Waals surface area (Å²) in [6.07, 6.45) is 1.93. The van der Waals surface area contributed by atoms with Gasteiger partial charge in [0.25, 0.3) is 0 Å². The Balaban J connectivity index is 1.79. The summed E-state index contributed by atoms with van der Waals surface area (Å²) in [5, 5.41) is 5.08. The summed E-state index contributed by atoms with van der Waals surface area (Å²) in [7, 11) is 1.48. The highest BCUT2D eigenvalue weighted by Crippen LogP contribution is 2.31. The minimum Gasteiger partial charge on any atom is -0.468 e. The molecule has 3 nitrogen and oxygen atoms in total. The van der Waals surface area contributed by atoms with Crippen LogP contribution >= 0.6 is 0 Å². The van der Waals surface area contributed by atoms with Gasteiger partial charge in [0, 0.05) is 6.54 Å². The first-order valence-corrected chi connectivity index (χ1v) is 8.49. The normalized spacial score (nSPS) is 18.3. The average Bonchev–Trinajstić information content (AvgIpc) is 3.09. The molecule has 3 aromatic rings. The van der Waals surface area contributed by atoms with Crippen molar-refractivity contribution in [2.75, 3.05) is 13.7 Å². The lowest BCUT2D eigenvalue weighted by Crippen LogP contribution is -2.36. The van der Waals surface area contributed by atoms with Crippen LogP contribution in [0.5, 0.6) is 0 Å².